The van der Waals surface area contributed by atoms with Crippen LogP contribution in [-0.2, 0) is 19.1 Å². The van der Waals surface area contributed by atoms with Gasteiger partial charge in [-0.05, 0) is 74.3 Å². The third-order valence-electron chi connectivity index (χ3n) is 4.90. The molecule has 2 atom stereocenters. The predicted octanol–water partition coefficient (Wildman–Crippen LogP) is 3.35. The largest absolute Gasteiger partial charge is 0.444 e. The summed E-state index contributed by atoms with van der Waals surface area (Å²) in [5, 5.41) is 5.54. The molecule has 0 saturated heterocycles. The highest BCUT2D eigenvalue weighted by atomic mass is 16.6. The highest BCUT2D eigenvalue weighted by molar-refractivity contribution is 5.93. The zero-order valence-corrected chi connectivity index (χ0v) is 22.5. The van der Waals surface area contributed by atoms with Crippen molar-refractivity contribution >= 4 is 23.8 Å². The summed E-state index contributed by atoms with van der Waals surface area (Å²) in [5.41, 5.74) is 5.64. The van der Waals surface area contributed by atoms with Crippen molar-refractivity contribution in [1.29, 1.82) is 0 Å². The number of primary amides is 1. The Kier molecular flexibility index (Phi) is 10.3. The van der Waals surface area contributed by atoms with Crippen LogP contribution in [0.1, 0.15) is 85.4 Å². The third kappa shape index (κ3) is 10.4. The Bertz CT molecular complexity index is 898. The van der Waals surface area contributed by atoms with Gasteiger partial charge in [0, 0.05) is 18.0 Å². The first kappa shape index (κ1) is 29.9. The molecule has 9 nitrogen and oxygen atoms in total. The normalized spacial score (nSPS) is 13.5. The average molecular weight is 491 g/mol. The number of hydrogen-bond acceptors (Lipinski definition) is 5. The van der Waals surface area contributed by atoms with Crippen molar-refractivity contribution in [2.24, 2.45) is 5.73 Å². The van der Waals surface area contributed by atoms with Crippen molar-refractivity contribution in [1.82, 2.24) is 15.5 Å². The van der Waals surface area contributed by atoms with Crippen LogP contribution in [0.5, 0.6) is 0 Å². The van der Waals surface area contributed by atoms with E-state index in [2.05, 4.69) is 10.6 Å². The minimum atomic E-state index is -1.12. The van der Waals surface area contributed by atoms with Gasteiger partial charge in [-0.15, -0.1) is 0 Å². The maximum absolute atomic E-state index is 13.9. The molecule has 0 aliphatic rings. The first-order valence-corrected chi connectivity index (χ1v) is 11.9. The van der Waals surface area contributed by atoms with Gasteiger partial charge in [0.1, 0.15) is 17.7 Å². The SMILES string of the molecule is Cc1ccc(C(C(=O)NC(C)(C)C)N(C(=O)C(CCC(N)=O)NC(=O)OC(C)(C)C)C(C)C)cc1. The zero-order chi connectivity index (χ0) is 27.1. The summed E-state index contributed by atoms with van der Waals surface area (Å²) >= 11 is 0. The Hall–Kier alpha value is -3.10. The molecule has 1 rings (SSSR count). The fourth-order valence-corrected chi connectivity index (χ4v) is 3.48. The van der Waals surface area contributed by atoms with Crippen molar-refractivity contribution in [2.45, 2.75) is 104 Å². The van der Waals surface area contributed by atoms with Crippen molar-refractivity contribution in [3.8, 4) is 0 Å². The smallest absolute Gasteiger partial charge is 0.408 e. The van der Waals surface area contributed by atoms with E-state index >= 15 is 0 Å². The number of aryl methyl sites for hydroxylation is 1. The minimum Gasteiger partial charge on any atom is -0.444 e. The van der Waals surface area contributed by atoms with Crippen molar-refractivity contribution in [3.63, 3.8) is 0 Å². The summed E-state index contributed by atoms with van der Waals surface area (Å²) in [4.78, 5) is 52.8. The van der Waals surface area contributed by atoms with Crippen LogP contribution in [0.25, 0.3) is 0 Å². The van der Waals surface area contributed by atoms with Gasteiger partial charge in [0.15, 0.2) is 0 Å². The highest BCUT2D eigenvalue weighted by Gasteiger charge is 2.38. The van der Waals surface area contributed by atoms with E-state index in [9.17, 15) is 19.2 Å². The first-order chi connectivity index (χ1) is 15.9. The van der Waals surface area contributed by atoms with Gasteiger partial charge in [-0.2, -0.15) is 0 Å². The van der Waals surface area contributed by atoms with E-state index in [0.717, 1.165) is 5.56 Å². The lowest BCUT2D eigenvalue weighted by atomic mass is 9.98. The molecule has 0 aliphatic heterocycles. The molecule has 0 spiro atoms. The number of carbonyl (C=O) groups excluding carboxylic acids is 4. The van der Waals surface area contributed by atoms with Crippen molar-refractivity contribution < 1.29 is 23.9 Å². The number of alkyl carbamates (subject to hydrolysis) is 1. The molecule has 0 radical (unpaired) electrons. The Balaban J connectivity index is 3.48. The Morgan fingerprint density at radius 2 is 1.54 bits per heavy atom. The summed E-state index contributed by atoms with van der Waals surface area (Å²) in [7, 11) is 0. The number of nitrogens with zero attached hydrogens (tertiary/aromatic N) is 1. The minimum absolute atomic E-state index is 0.0296. The van der Waals surface area contributed by atoms with Gasteiger partial charge in [-0.1, -0.05) is 29.8 Å². The second-order valence-electron chi connectivity index (χ2n) is 11.1. The Morgan fingerprint density at radius 1 is 1.00 bits per heavy atom. The molecule has 196 valence electrons. The van der Waals surface area contributed by atoms with Crippen LogP contribution in [0.2, 0.25) is 0 Å². The molecule has 1 aromatic rings. The Labute approximate surface area is 209 Å². The van der Waals surface area contributed by atoms with E-state index in [1.165, 1.54) is 4.90 Å². The van der Waals surface area contributed by atoms with Crippen LogP contribution < -0.4 is 16.4 Å². The lowest BCUT2D eigenvalue weighted by molar-refractivity contribution is -0.145. The molecule has 0 aromatic heterocycles. The number of benzene rings is 1. The predicted molar refractivity (Wildman–Crippen MR) is 135 cm³/mol. The number of hydrogen-bond donors (Lipinski definition) is 3. The number of carbonyl (C=O) groups is 4. The zero-order valence-electron chi connectivity index (χ0n) is 22.5. The molecule has 0 heterocycles. The molecule has 1 aromatic carbocycles. The van der Waals surface area contributed by atoms with Gasteiger partial charge in [0.05, 0.1) is 0 Å². The summed E-state index contributed by atoms with van der Waals surface area (Å²) in [6, 6.07) is 4.89. The molecule has 4 N–H and O–H groups in total. The lowest BCUT2D eigenvalue weighted by Gasteiger charge is -2.38. The van der Waals surface area contributed by atoms with E-state index in [1.807, 2.05) is 52.0 Å². The number of nitrogens with two attached hydrogens (primary N) is 1. The van der Waals surface area contributed by atoms with Gasteiger partial charge >= 0.3 is 6.09 Å². The molecule has 0 saturated carbocycles. The monoisotopic (exact) mass is 490 g/mol. The van der Waals surface area contributed by atoms with Crippen LogP contribution in [0.15, 0.2) is 24.3 Å². The van der Waals surface area contributed by atoms with E-state index in [4.69, 9.17) is 10.5 Å². The summed E-state index contributed by atoms with van der Waals surface area (Å²) in [6.07, 6.45) is -0.949. The van der Waals surface area contributed by atoms with Crippen LogP contribution in [-0.4, -0.2) is 51.9 Å². The standard InChI is InChI=1S/C26H42N4O5/c1-16(2)30(21(22(32)29-25(4,5)6)18-12-10-17(3)11-13-18)23(33)19(14-15-20(27)31)28-24(34)35-26(7,8)9/h10-13,16,19,21H,14-15H2,1-9H3,(H2,27,31)(H,28,34)(H,29,32). The van der Waals surface area contributed by atoms with Gasteiger partial charge in [0.25, 0.3) is 0 Å². The summed E-state index contributed by atoms with van der Waals surface area (Å²) in [6.45, 7) is 16.2. The second-order valence-corrected chi connectivity index (χ2v) is 11.1. The van der Waals surface area contributed by atoms with Crippen LogP contribution in [0, 0.1) is 6.92 Å². The fraction of sp³-hybridized carbons (Fsp3) is 0.615. The maximum Gasteiger partial charge on any atom is 0.408 e. The van der Waals surface area contributed by atoms with Crippen LogP contribution >= 0.6 is 0 Å². The van der Waals surface area contributed by atoms with E-state index < -0.39 is 47.2 Å². The van der Waals surface area contributed by atoms with E-state index in [1.54, 1.807) is 34.6 Å². The summed E-state index contributed by atoms with van der Waals surface area (Å²) < 4.78 is 5.32. The number of ether oxygens (including phenoxy) is 1. The van der Waals surface area contributed by atoms with Gasteiger partial charge in [0.2, 0.25) is 17.7 Å². The van der Waals surface area contributed by atoms with Crippen LogP contribution in [0.4, 0.5) is 4.79 Å². The lowest BCUT2D eigenvalue weighted by Crippen LogP contribution is -2.56. The Morgan fingerprint density at radius 3 is 1.97 bits per heavy atom. The van der Waals surface area contributed by atoms with Crippen LogP contribution in [0.3, 0.4) is 0 Å². The third-order valence-corrected chi connectivity index (χ3v) is 4.90. The van der Waals surface area contributed by atoms with Gasteiger partial charge in [-0.25, -0.2) is 4.79 Å². The highest BCUT2D eigenvalue weighted by Crippen LogP contribution is 2.27. The maximum atomic E-state index is 13.9. The molecule has 0 bridgehead atoms. The number of amides is 4. The number of rotatable bonds is 9. The average Bonchev–Trinajstić information content (AvgIpc) is 2.66. The van der Waals surface area contributed by atoms with Gasteiger partial charge in [-0.3, -0.25) is 14.4 Å². The fourth-order valence-electron chi connectivity index (χ4n) is 3.48. The molecule has 0 aliphatic carbocycles. The quantitative estimate of drug-likeness (QED) is 0.489. The molecule has 4 amide bonds. The molecular formula is C26H42N4O5. The molecule has 2 unspecified atom stereocenters. The molecular weight excluding hydrogens is 448 g/mol. The van der Waals surface area contributed by atoms with Crippen molar-refractivity contribution in [3.05, 3.63) is 35.4 Å². The van der Waals surface area contributed by atoms with Gasteiger partial charge < -0.3 is 26.0 Å². The molecule has 9 heteroatoms. The van der Waals surface area contributed by atoms with E-state index in [0.29, 0.717) is 5.56 Å². The van der Waals surface area contributed by atoms with Crippen molar-refractivity contribution in [2.75, 3.05) is 0 Å². The second kappa shape index (κ2) is 12.0. The topological polar surface area (TPSA) is 131 Å². The first-order valence-electron chi connectivity index (χ1n) is 11.9. The number of nitrogens with one attached hydrogen (secondary N) is 2. The van der Waals surface area contributed by atoms with E-state index in [-0.39, 0.29) is 18.7 Å². The molecule has 35 heavy (non-hydrogen) atoms. The molecule has 0 fully saturated rings. The summed E-state index contributed by atoms with van der Waals surface area (Å²) in [5.74, 6) is -1.47.